The topological polar surface area (TPSA) is 46.6 Å². The Labute approximate surface area is 154 Å². The Hall–Kier alpha value is -2.07. The van der Waals surface area contributed by atoms with Crippen molar-refractivity contribution in [2.24, 2.45) is 0 Å². The summed E-state index contributed by atoms with van der Waals surface area (Å²) >= 11 is 5.99. The van der Waals surface area contributed by atoms with Crippen LogP contribution in [0.2, 0.25) is 5.02 Å². The van der Waals surface area contributed by atoms with Gasteiger partial charge in [-0.2, -0.15) is 0 Å². The molecule has 1 aromatic rings. The minimum Gasteiger partial charge on any atom is -0.462 e. The fraction of sp³-hybridized carbons (Fsp3) is 0.400. The van der Waals surface area contributed by atoms with Crippen molar-refractivity contribution >= 4 is 35.2 Å². The third-order valence-corrected chi connectivity index (χ3v) is 4.19. The number of carbonyl (C=O) groups excluding carboxylic acids is 2. The van der Waals surface area contributed by atoms with Gasteiger partial charge >= 0.3 is 0 Å². The SMILES string of the molecule is CC(C)(C)OC=O.CN1C(=O)/C(=C/C2=CCCC2)c2ccc(Cl)cc21. The Kier molecular flexibility index (Phi) is 6.07. The molecular weight excluding hydrogens is 338 g/mol. The molecule has 5 heteroatoms. The van der Waals surface area contributed by atoms with Crippen molar-refractivity contribution in [3.8, 4) is 0 Å². The molecule has 1 aromatic carbocycles. The first-order chi connectivity index (χ1) is 11.7. The molecule has 0 bridgehead atoms. The quantitative estimate of drug-likeness (QED) is 0.563. The van der Waals surface area contributed by atoms with Crippen LogP contribution in [0.1, 0.15) is 45.6 Å². The summed E-state index contributed by atoms with van der Waals surface area (Å²) in [6.07, 6.45) is 7.64. The molecule has 2 aliphatic rings. The van der Waals surface area contributed by atoms with Gasteiger partial charge in [-0.05, 0) is 58.2 Å². The lowest BCUT2D eigenvalue weighted by Crippen LogP contribution is -2.20. The summed E-state index contributed by atoms with van der Waals surface area (Å²) in [6, 6.07) is 5.61. The second kappa shape index (κ2) is 7.87. The number of nitrogens with zero attached hydrogens (tertiary/aromatic N) is 1. The maximum Gasteiger partial charge on any atom is 0.293 e. The predicted molar refractivity (Wildman–Crippen MR) is 102 cm³/mol. The van der Waals surface area contributed by atoms with Crippen LogP contribution in [0.3, 0.4) is 0 Å². The van der Waals surface area contributed by atoms with Crippen LogP contribution in [-0.4, -0.2) is 25.0 Å². The van der Waals surface area contributed by atoms with Crippen molar-refractivity contribution in [1.82, 2.24) is 0 Å². The van der Waals surface area contributed by atoms with Gasteiger partial charge in [-0.25, -0.2) is 0 Å². The van der Waals surface area contributed by atoms with E-state index in [0.29, 0.717) is 11.5 Å². The summed E-state index contributed by atoms with van der Waals surface area (Å²) in [6.45, 7) is 5.92. The Morgan fingerprint density at radius 3 is 2.52 bits per heavy atom. The van der Waals surface area contributed by atoms with Crippen molar-refractivity contribution in [2.75, 3.05) is 11.9 Å². The maximum absolute atomic E-state index is 12.2. The van der Waals surface area contributed by atoms with E-state index in [0.717, 1.165) is 29.7 Å². The molecule has 134 valence electrons. The second-order valence-electron chi connectivity index (χ2n) is 7.08. The maximum atomic E-state index is 12.2. The molecule has 25 heavy (non-hydrogen) atoms. The zero-order valence-corrected chi connectivity index (χ0v) is 15.9. The van der Waals surface area contributed by atoms with E-state index < -0.39 is 0 Å². The number of fused-ring (bicyclic) bond motifs is 1. The normalized spacial score (nSPS) is 17.8. The molecule has 0 N–H and O–H groups in total. The van der Waals surface area contributed by atoms with E-state index in [2.05, 4.69) is 10.8 Å². The number of rotatable bonds is 2. The smallest absolute Gasteiger partial charge is 0.293 e. The van der Waals surface area contributed by atoms with E-state index in [1.165, 1.54) is 12.0 Å². The van der Waals surface area contributed by atoms with Crippen molar-refractivity contribution in [3.63, 3.8) is 0 Å². The van der Waals surface area contributed by atoms with Gasteiger partial charge in [0.2, 0.25) is 0 Å². The van der Waals surface area contributed by atoms with Crippen LogP contribution >= 0.6 is 11.6 Å². The zero-order chi connectivity index (χ0) is 18.6. The predicted octanol–water partition coefficient (Wildman–Crippen LogP) is 4.77. The molecule has 4 nitrogen and oxygen atoms in total. The van der Waals surface area contributed by atoms with Gasteiger partial charge in [-0.3, -0.25) is 9.59 Å². The molecule has 3 rings (SSSR count). The molecule has 1 aliphatic carbocycles. The van der Waals surface area contributed by atoms with Crippen molar-refractivity contribution in [3.05, 3.63) is 46.5 Å². The molecule has 0 saturated heterocycles. The molecule has 1 heterocycles. The number of halogens is 1. The Bertz CT molecular complexity index is 729. The molecule has 0 radical (unpaired) electrons. The average molecular weight is 362 g/mol. The van der Waals surface area contributed by atoms with Crippen LogP contribution in [0.5, 0.6) is 0 Å². The first kappa shape index (κ1) is 19.3. The lowest BCUT2D eigenvalue weighted by Gasteiger charge is -2.14. The second-order valence-corrected chi connectivity index (χ2v) is 7.52. The summed E-state index contributed by atoms with van der Waals surface area (Å²) in [4.78, 5) is 23.5. The fourth-order valence-corrected chi connectivity index (χ4v) is 2.88. The molecule has 0 atom stereocenters. The van der Waals surface area contributed by atoms with Gasteiger partial charge < -0.3 is 9.64 Å². The van der Waals surface area contributed by atoms with Crippen molar-refractivity contribution < 1.29 is 14.3 Å². The van der Waals surface area contributed by atoms with Crippen LogP contribution in [-0.2, 0) is 14.3 Å². The first-order valence-corrected chi connectivity index (χ1v) is 8.71. The van der Waals surface area contributed by atoms with Crippen LogP contribution in [0, 0.1) is 0 Å². The number of anilines is 1. The van der Waals surface area contributed by atoms with Gasteiger partial charge in [0.1, 0.15) is 5.60 Å². The standard InChI is InChI=1S/C15H14ClNO.C5H10O2/c1-17-14-9-11(16)6-7-12(14)13(15(17)18)8-10-4-2-3-5-10;1-5(2,3)7-4-6/h4,6-9H,2-3,5H2,1H3;4H,1-3H3/b13-8+;. The van der Waals surface area contributed by atoms with Crippen LogP contribution < -0.4 is 4.90 Å². The van der Waals surface area contributed by atoms with Gasteiger partial charge in [0.15, 0.2) is 0 Å². The summed E-state index contributed by atoms with van der Waals surface area (Å²) in [5, 5.41) is 0.662. The van der Waals surface area contributed by atoms with Crippen LogP contribution in [0.25, 0.3) is 5.57 Å². The largest absolute Gasteiger partial charge is 0.462 e. The van der Waals surface area contributed by atoms with E-state index in [-0.39, 0.29) is 11.5 Å². The average Bonchev–Trinajstić information content (AvgIpc) is 3.11. The number of carbonyl (C=O) groups is 2. The van der Waals surface area contributed by atoms with Crippen molar-refractivity contribution in [2.45, 2.75) is 45.6 Å². The van der Waals surface area contributed by atoms with Gasteiger partial charge in [-0.1, -0.05) is 29.3 Å². The molecule has 0 saturated carbocycles. The molecule has 1 aliphatic heterocycles. The number of likely N-dealkylation sites (N-methyl/N-ethyl adjacent to an activating group) is 1. The molecule has 0 spiro atoms. The van der Waals surface area contributed by atoms with Crippen LogP contribution in [0.15, 0.2) is 35.9 Å². The highest BCUT2D eigenvalue weighted by molar-refractivity contribution is 6.35. The Morgan fingerprint density at radius 2 is 2.00 bits per heavy atom. The number of ether oxygens (including phenoxy) is 1. The highest BCUT2D eigenvalue weighted by Gasteiger charge is 2.29. The number of hydrogen-bond acceptors (Lipinski definition) is 3. The Morgan fingerprint density at radius 1 is 1.28 bits per heavy atom. The highest BCUT2D eigenvalue weighted by Crippen LogP contribution is 2.38. The number of amides is 1. The third-order valence-electron chi connectivity index (χ3n) is 3.95. The monoisotopic (exact) mass is 361 g/mol. The van der Waals surface area contributed by atoms with E-state index in [4.69, 9.17) is 11.6 Å². The molecule has 0 aromatic heterocycles. The van der Waals surface area contributed by atoms with Gasteiger partial charge in [0.05, 0.1) is 5.69 Å². The highest BCUT2D eigenvalue weighted by atomic mass is 35.5. The van der Waals surface area contributed by atoms with Crippen molar-refractivity contribution in [1.29, 1.82) is 0 Å². The molecule has 0 fully saturated rings. The minimum absolute atomic E-state index is 0.0556. The van der Waals surface area contributed by atoms with Gasteiger partial charge in [-0.15, -0.1) is 0 Å². The Balaban J connectivity index is 0.000000277. The summed E-state index contributed by atoms with van der Waals surface area (Å²) in [5.41, 5.74) is 3.63. The molecule has 1 amide bonds. The van der Waals surface area contributed by atoms with Crippen LogP contribution in [0.4, 0.5) is 5.69 Å². The first-order valence-electron chi connectivity index (χ1n) is 8.33. The summed E-state index contributed by atoms with van der Waals surface area (Å²) < 4.78 is 4.55. The number of benzene rings is 1. The van der Waals surface area contributed by atoms with Gasteiger partial charge in [0.25, 0.3) is 12.4 Å². The summed E-state index contributed by atoms with van der Waals surface area (Å²) in [5.74, 6) is 0.0556. The zero-order valence-electron chi connectivity index (χ0n) is 15.1. The van der Waals surface area contributed by atoms with E-state index in [9.17, 15) is 9.59 Å². The lowest BCUT2D eigenvalue weighted by molar-refractivity contribution is -0.138. The van der Waals surface area contributed by atoms with E-state index in [1.54, 1.807) is 11.9 Å². The number of hydrogen-bond donors (Lipinski definition) is 0. The number of allylic oxidation sites excluding steroid dienone is 3. The van der Waals surface area contributed by atoms with E-state index in [1.807, 2.05) is 45.0 Å². The van der Waals surface area contributed by atoms with E-state index >= 15 is 0 Å². The third kappa shape index (κ3) is 4.95. The fourth-order valence-electron chi connectivity index (χ4n) is 2.71. The minimum atomic E-state index is -0.318. The van der Waals surface area contributed by atoms with Gasteiger partial charge in [0, 0.05) is 23.2 Å². The summed E-state index contributed by atoms with van der Waals surface area (Å²) in [7, 11) is 1.79. The lowest BCUT2D eigenvalue weighted by atomic mass is 10.0. The molecule has 0 unspecified atom stereocenters. The molecular formula is C20H24ClNO3.